The van der Waals surface area contributed by atoms with Gasteiger partial charge >= 0.3 is 0 Å². The maximum absolute atomic E-state index is 13.0. The van der Waals surface area contributed by atoms with Crippen molar-refractivity contribution in [2.75, 3.05) is 24.7 Å². The molecule has 31 heavy (non-hydrogen) atoms. The Kier molecular flexibility index (Phi) is 5.93. The van der Waals surface area contributed by atoms with E-state index in [-0.39, 0.29) is 16.7 Å². The number of piperidine rings is 1. The van der Waals surface area contributed by atoms with Crippen LogP contribution in [-0.2, 0) is 37.5 Å². The number of sulfone groups is 1. The number of rotatable bonds is 5. The van der Waals surface area contributed by atoms with Crippen molar-refractivity contribution < 1.29 is 21.6 Å². The maximum Gasteiger partial charge on any atom is 0.243 e. The normalized spacial score (nSPS) is 18.0. The van der Waals surface area contributed by atoms with Crippen LogP contribution in [0.5, 0.6) is 0 Å². The van der Waals surface area contributed by atoms with E-state index >= 15 is 0 Å². The molecule has 9 heteroatoms. The van der Waals surface area contributed by atoms with E-state index in [2.05, 4.69) is 5.32 Å². The van der Waals surface area contributed by atoms with Crippen LogP contribution >= 0.6 is 0 Å². The minimum atomic E-state index is -3.57. The summed E-state index contributed by atoms with van der Waals surface area (Å²) in [6, 6.07) is 11.4. The number of aryl methyl sites for hydroxylation is 2. The van der Waals surface area contributed by atoms with Crippen molar-refractivity contribution in [2.24, 2.45) is 5.92 Å². The van der Waals surface area contributed by atoms with Crippen LogP contribution in [0.2, 0.25) is 0 Å². The molecule has 4 rings (SSSR count). The van der Waals surface area contributed by atoms with Crippen molar-refractivity contribution in [3.63, 3.8) is 0 Å². The summed E-state index contributed by atoms with van der Waals surface area (Å²) >= 11 is 0. The Hall–Kier alpha value is -2.23. The quantitative estimate of drug-likeness (QED) is 0.736. The van der Waals surface area contributed by atoms with Crippen molar-refractivity contribution in [3.8, 4) is 0 Å². The Bertz CT molecular complexity index is 1200. The minimum Gasteiger partial charge on any atom is -0.326 e. The van der Waals surface area contributed by atoms with Crippen LogP contribution in [0, 0.1) is 5.92 Å². The molecule has 2 aliphatic rings. The average Bonchev–Trinajstić information content (AvgIpc) is 3.21. The summed E-state index contributed by atoms with van der Waals surface area (Å²) in [6.45, 7) is 0.592. The van der Waals surface area contributed by atoms with Crippen LogP contribution in [0.3, 0.4) is 0 Å². The lowest BCUT2D eigenvalue weighted by molar-refractivity contribution is -0.120. The fraction of sp³-hybridized carbons (Fsp3) is 0.409. The van der Waals surface area contributed by atoms with Gasteiger partial charge < -0.3 is 5.32 Å². The molecule has 0 atom stereocenters. The topological polar surface area (TPSA) is 101 Å². The first-order valence-electron chi connectivity index (χ1n) is 10.4. The third-order valence-electron chi connectivity index (χ3n) is 6.08. The summed E-state index contributed by atoms with van der Waals surface area (Å²) in [5, 5.41) is 2.80. The van der Waals surface area contributed by atoms with E-state index in [0.29, 0.717) is 36.5 Å². The third-order valence-corrected chi connectivity index (χ3v) is 9.11. The van der Waals surface area contributed by atoms with Crippen LogP contribution in [0.25, 0.3) is 0 Å². The van der Waals surface area contributed by atoms with Crippen LogP contribution in [0.1, 0.15) is 30.4 Å². The number of nitrogens with zero attached hydrogens (tertiary/aromatic N) is 1. The second-order valence-electron chi connectivity index (χ2n) is 8.25. The van der Waals surface area contributed by atoms with Crippen LogP contribution in [-0.4, -0.2) is 46.4 Å². The highest BCUT2D eigenvalue weighted by Gasteiger charge is 2.32. The zero-order valence-electron chi connectivity index (χ0n) is 17.4. The van der Waals surface area contributed by atoms with Crippen molar-refractivity contribution >= 4 is 31.5 Å². The summed E-state index contributed by atoms with van der Waals surface area (Å²) in [5.74, 6) is -0.470. The number of fused-ring (bicyclic) bond motifs is 1. The number of hydrogen-bond donors (Lipinski definition) is 1. The molecule has 1 saturated heterocycles. The Morgan fingerprint density at radius 3 is 2.16 bits per heavy atom. The first-order chi connectivity index (χ1) is 14.6. The number of anilines is 1. The van der Waals surface area contributed by atoms with E-state index in [9.17, 15) is 21.6 Å². The Morgan fingerprint density at radius 1 is 0.903 bits per heavy atom. The molecule has 0 unspecified atom stereocenters. The maximum atomic E-state index is 13.0. The van der Waals surface area contributed by atoms with Crippen molar-refractivity contribution in [1.82, 2.24) is 4.31 Å². The zero-order chi connectivity index (χ0) is 22.2. The first-order valence-corrected chi connectivity index (χ1v) is 13.7. The lowest BCUT2D eigenvalue weighted by Gasteiger charge is -2.30. The molecule has 1 amide bonds. The lowest BCUT2D eigenvalue weighted by Crippen LogP contribution is -2.41. The van der Waals surface area contributed by atoms with Gasteiger partial charge in [-0.15, -0.1) is 0 Å². The molecule has 0 bridgehead atoms. The number of hydrogen-bond acceptors (Lipinski definition) is 5. The molecule has 1 N–H and O–H groups in total. The molecule has 7 nitrogen and oxygen atoms in total. The van der Waals surface area contributed by atoms with E-state index in [0.717, 1.165) is 31.1 Å². The number of nitrogens with one attached hydrogen (secondary N) is 1. The van der Waals surface area contributed by atoms with Crippen LogP contribution < -0.4 is 5.32 Å². The summed E-state index contributed by atoms with van der Waals surface area (Å²) in [5.41, 5.74) is 2.88. The summed E-state index contributed by atoms with van der Waals surface area (Å²) in [7, 11) is -6.86. The molecule has 1 aliphatic heterocycles. The SMILES string of the molecule is CS(=O)(=O)c1ccc(NC(=O)C2CCN(S(=O)(=O)c3ccc4c(c3)CCC4)CC2)cc1. The minimum absolute atomic E-state index is 0.179. The van der Waals surface area contributed by atoms with Gasteiger partial charge in [-0.2, -0.15) is 4.31 Å². The van der Waals surface area contributed by atoms with Crippen molar-refractivity contribution in [2.45, 2.75) is 41.9 Å². The number of carbonyl (C=O) groups is 1. The van der Waals surface area contributed by atoms with Crippen LogP contribution in [0.15, 0.2) is 52.3 Å². The zero-order valence-corrected chi connectivity index (χ0v) is 19.0. The molecule has 0 aromatic heterocycles. The molecule has 1 fully saturated rings. The Labute approximate surface area is 183 Å². The first kappa shape index (κ1) is 22.0. The predicted molar refractivity (Wildman–Crippen MR) is 118 cm³/mol. The largest absolute Gasteiger partial charge is 0.326 e. The molecule has 1 aliphatic carbocycles. The van der Waals surface area contributed by atoms with Gasteiger partial charge in [0.1, 0.15) is 0 Å². The Balaban J connectivity index is 1.37. The van der Waals surface area contributed by atoms with E-state index in [1.54, 1.807) is 24.3 Å². The van der Waals surface area contributed by atoms with Gasteiger partial charge in [0.25, 0.3) is 0 Å². The van der Waals surface area contributed by atoms with Gasteiger partial charge in [-0.3, -0.25) is 4.79 Å². The van der Waals surface area contributed by atoms with E-state index in [4.69, 9.17) is 0 Å². The van der Waals surface area contributed by atoms with Gasteiger partial charge in [0.2, 0.25) is 15.9 Å². The van der Waals surface area contributed by atoms with Crippen molar-refractivity contribution in [3.05, 3.63) is 53.6 Å². The van der Waals surface area contributed by atoms with Gasteiger partial charge in [0.05, 0.1) is 9.79 Å². The highest BCUT2D eigenvalue weighted by Crippen LogP contribution is 2.29. The second kappa shape index (κ2) is 8.37. The van der Waals surface area contributed by atoms with E-state index < -0.39 is 19.9 Å². The Morgan fingerprint density at radius 2 is 1.52 bits per heavy atom. The molecule has 0 spiro atoms. The molecule has 0 radical (unpaired) electrons. The number of sulfonamides is 1. The van der Waals surface area contributed by atoms with E-state index in [1.807, 2.05) is 6.07 Å². The van der Waals surface area contributed by atoms with Crippen LogP contribution in [0.4, 0.5) is 5.69 Å². The lowest BCUT2D eigenvalue weighted by atomic mass is 9.97. The predicted octanol–water partition coefficient (Wildman–Crippen LogP) is 2.62. The van der Waals surface area contributed by atoms with Gasteiger partial charge in [0.15, 0.2) is 9.84 Å². The van der Waals surface area contributed by atoms with Gasteiger partial charge in [-0.25, -0.2) is 16.8 Å². The fourth-order valence-corrected chi connectivity index (χ4v) is 6.40. The summed E-state index contributed by atoms with van der Waals surface area (Å²) in [4.78, 5) is 13.1. The molecule has 2 aromatic carbocycles. The monoisotopic (exact) mass is 462 g/mol. The molecule has 0 saturated carbocycles. The molecule has 1 heterocycles. The molecule has 2 aromatic rings. The molecular weight excluding hydrogens is 436 g/mol. The van der Waals surface area contributed by atoms with Gasteiger partial charge in [-0.05, 0) is 79.6 Å². The van der Waals surface area contributed by atoms with Gasteiger partial charge in [0, 0.05) is 31.0 Å². The average molecular weight is 463 g/mol. The van der Waals surface area contributed by atoms with Crippen molar-refractivity contribution in [1.29, 1.82) is 0 Å². The number of carbonyl (C=O) groups excluding carboxylic acids is 1. The summed E-state index contributed by atoms with van der Waals surface area (Å²) < 4.78 is 50.6. The van der Waals surface area contributed by atoms with Gasteiger partial charge in [-0.1, -0.05) is 6.07 Å². The third kappa shape index (κ3) is 4.68. The molecule has 166 valence electrons. The fourth-order valence-electron chi connectivity index (χ4n) is 4.25. The standard InChI is InChI=1S/C22H26N2O5S2/c1-30(26,27)20-9-6-19(7-10-20)23-22(25)17-11-13-24(14-12-17)31(28,29)21-8-5-16-3-2-4-18(16)15-21/h5-10,15,17H,2-4,11-14H2,1H3,(H,23,25). The smallest absolute Gasteiger partial charge is 0.243 e. The summed E-state index contributed by atoms with van der Waals surface area (Å²) in [6.07, 6.45) is 5.01. The number of benzene rings is 2. The second-order valence-corrected chi connectivity index (χ2v) is 12.2. The number of amides is 1. The molecular formula is C22H26N2O5S2. The highest BCUT2D eigenvalue weighted by molar-refractivity contribution is 7.90. The highest BCUT2D eigenvalue weighted by atomic mass is 32.2. The van der Waals surface area contributed by atoms with E-state index in [1.165, 1.54) is 22.0 Å².